The molecular weight excluding hydrogens is 291 g/mol. The molecule has 0 aromatic heterocycles. The molecule has 0 aliphatic carbocycles. The van der Waals surface area contributed by atoms with Gasteiger partial charge in [0.05, 0.1) is 5.41 Å². The summed E-state index contributed by atoms with van der Waals surface area (Å²) in [6.07, 6.45) is 1.07. The van der Waals surface area contributed by atoms with Crippen molar-refractivity contribution in [3.8, 4) is 0 Å². The number of carbonyl (C=O) groups excluding carboxylic acids is 1. The molecule has 1 aromatic rings. The Labute approximate surface area is 132 Å². The Morgan fingerprint density at radius 2 is 1.95 bits per heavy atom. The van der Waals surface area contributed by atoms with Crippen LogP contribution < -0.4 is 10.6 Å². The summed E-state index contributed by atoms with van der Waals surface area (Å²) in [5, 5.41) is 6.43. The van der Waals surface area contributed by atoms with Crippen molar-refractivity contribution in [3.63, 3.8) is 0 Å². The molecule has 2 atom stereocenters. The lowest BCUT2D eigenvalue weighted by atomic mass is 9.83. The van der Waals surface area contributed by atoms with Crippen molar-refractivity contribution in [3.05, 3.63) is 35.6 Å². The lowest BCUT2D eigenvalue weighted by Gasteiger charge is -2.33. The van der Waals surface area contributed by atoms with Crippen LogP contribution >= 0.6 is 12.4 Å². The smallest absolute Gasteiger partial charge is 0.230 e. The van der Waals surface area contributed by atoms with Crippen molar-refractivity contribution in [2.24, 2.45) is 5.92 Å². The summed E-state index contributed by atoms with van der Waals surface area (Å²) in [4.78, 5) is 12.5. The Hall–Kier alpha value is -1.13. The second-order valence-corrected chi connectivity index (χ2v) is 6.18. The molecule has 0 bridgehead atoms. The first kappa shape index (κ1) is 17.9. The number of rotatable bonds is 3. The Morgan fingerprint density at radius 1 is 1.33 bits per heavy atom. The fourth-order valence-corrected chi connectivity index (χ4v) is 2.53. The first-order chi connectivity index (χ1) is 9.41. The monoisotopic (exact) mass is 314 g/mol. The van der Waals surface area contributed by atoms with E-state index in [1.54, 1.807) is 12.1 Å². The number of hydrogen-bond acceptors (Lipinski definition) is 2. The molecule has 1 amide bonds. The molecule has 2 unspecified atom stereocenters. The number of amides is 1. The van der Waals surface area contributed by atoms with Crippen molar-refractivity contribution in [2.45, 2.75) is 38.6 Å². The zero-order chi connectivity index (χ0) is 14.8. The average Bonchev–Trinajstić information content (AvgIpc) is 2.41. The van der Waals surface area contributed by atoms with Gasteiger partial charge in [0.15, 0.2) is 0 Å². The van der Waals surface area contributed by atoms with E-state index < -0.39 is 5.41 Å². The summed E-state index contributed by atoms with van der Waals surface area (Å²) in [5.74, 6) is 0.184. The first-order valence-electron chi connectivity index (χ1n) is 7.19. The summed E-state index contributed by atoms with van der Waals surface area (Å²) in [5.41, 5.74) is 0.165. The number of carbonyl (C=O) groups is 1. The van der Waals surface area contributed by atoms with Crippen LogP contribution in [0.15, 0.2) is 24.3 Å². The SMILES string of the molecule is CC1CCNCC1NC(=O)C(C)(C)c1ccc(F)cc1.Cl. The Morgan fingerprint density at radius 3 is 2.52 bits per heavy atom. The van der Waals surface area contributed by atoms with Crippen LogP contribution in [0.2, 0.25) is 0 Å². The van der Waals surface area contributed by atoms with Crippen LogP contribution in [0.4, 0.5) is 4.39 Å². The van der Waals surface area contributed by atoms with Gasteiger partial charge in [-0.15, -0.1) is 12.4 Å². The number of hydrogen-bond donors (Lipinski definition) is 2. The molecule has 1 aromatic carbocycles. The van der Waals surface area contributed by atoms with Gasteiger partial charge in [-0.25, -0.2) is 4.39 Å². The number of benzene rings is 1. The fraction of sp³-hybridized carbons (Fsp3) is 0.562. The molecule has 0 saturated carbocycles. The maximum atomic E-state index is 13.0. The third-order valence-electron chi connectivity index (χ3n) is 4.28. The minimum Gasteiger partial charge on any atom is -0.351 e. The van der Waals surface area contributed by atoms with Crippen LogP contribution in [0.5, 0.6) is 0 Å². The summed E-state index contributed by atoms with van der Waals surface area (Å²) < 4.78 is 13.0. The van der Waals surface area contributed by atoms with Crippen LogP contribution in [0.3, 0.4) is 0 Å². The number of piperidine rings is 1. The zero-order valence-electron chi connectivity index (χ0n) is 12.8. The number of halogens is 2. The van der Waals surface area contributed by atoms with E-state index in [0.717, 1.165) is 25.1 Å². The van der Waals surface area contributed by atoms with Crippen molar-refractivity contribution in [2.75, 3.05) is 13.1 Å². The molecule has 118 valence electrons. The van der Waals surface area contributed by atoms with E-state index in [0.29, 0.717) is 5.92 Å². The van der Waals surface area contributed by atoms with E-state index in [9.17, 15) is 9.18 Å². The van der Waals surface area contributed by atoms with Gasteiger partial charge in [0.1, 0.15) is 5.82 Å². The van der Waals surface area contributed by atoms with E-state index in [1.807, 2.05) is 13.8 Å². The lowest BCUT2D eigenvalue weighted by Crippen LogP contribution is -2.54. The quantitative estimate of drug-likeness (QED) is 0.900. The highest BCUT2D eigenvalue weighted by Gasteiger charge is 2.33. The molecule has 21 heavy (non-hydrogen) atoms. The minimum atomic E-state index is -0.662. The topological polar surface area (TPSA) is 41.1 Å². The lowest BCUT2D eigenvalue weighted by molar-refractivity contribution is -0.126. The third kappa shape index (κ3) is 4.17. The maximum Gasteiger partial charge on any atom is 0.230 e. The van der Waals surface area contributed by atoms with Crippen molar-refractivity contribution < 1.29 is 9.18 Å². The van der Waals surface area contributed by atoms with Crippen molar-refractivity contribution in [1.29, 1.82) is 0 Å². The predicted molar refractivity (Wildman–Crippen MR) is 85.3 cm³/mol. The molecule has 1 fully saturated rings. The average molecular weight is 315 g/mol. The van der Waals surface area contributed by atoms with Crippen molar-refractivity contribution >= 4 is 18.3 Å². The van der Waals surface area contributed by atoms with Crippen LogP contribution in [0, 0.1) is 11.7 Å². The minimum absolute atomic E-state index is 0. The molecular formula is C16H24ClFN2O. The molecule has 1 aliphatic heterocycles. The van der Waals surface area contributed by atoms with Gasteiger partial charge >= 0.3 is 0 Å². The Kier molecular flexibility index (Phi) is 6.17. The summed E-state index contributed by atoms with van der Waals surface area (Å²) in [6, 6.07) is 6.31. The molecule has 2 rings (SSSR count). The highest BCUT2D eigenvalue weighted by Crippen LogP contribution is 2.24. The van der Waals surface area contributed by atoms with Crippen LogP contribution in [-0.2, 0) is 10.2 Å². The first-order valence-corrected chi connectivity index (χ1v) is 7.19. The normalized spacial score (nSPS) is 22.3. The molecule has 2 N–H and O–H groups in total. The highest BCUT2D eigenvalue weighted by atomic mass is 35.5. The van der Waals surface area contributed by atoms with E-state index in [4.69, 9.17) is 0 Å². The van der Waals surface area contributed by atoms with E-state index in [-0.39, 0.29) is 30.2 Å². The summed E-state index contributed by atoms with van der Waals surface area (Å²) >= 11 is 0. The molecule has 1 aliphatic rings. The van der Waals surface area contributed by atoms with Gasteiger partial charge in [0.25, 0.3) is 0 Å². The molecule has 0 spiro atoms. The molecule has 0 radical (unpaired) electrons. The zero-order valence-corrected chi connectivity index (χ0v) is 13.6. The molecule has 3 nitrogen and oxygen atoms in total. The van der Waals surface area contributed by atoms with Gasteiger partial charge in [-0.3, -0.25) is 4.79 Å². The van der Waals surface area contributed by atoms with Crippen LogP contribution in [0.25, 0.3) is 0 Å². The van der Waals surface area contributed by atoms with Gasteiger partial charge in [0.2, 0.25) is 5.91 Å². The Bertz CT molecular complexity index is 476. The van der Waals surface area contributed by atoms with Crippen LogP contribution in [-0.4, -0.2) is 25.0 Å². The summed E-state index contributed by atoms with van der Waals surface area (Å²) in [6.45, 7) is 7.73. The largest absolute Gasteiger partial charge is 0.351 e. The fourth-order valence-electron chi connectivity index (χ4n) is 2.53. The highest BCUT2D eigenvalue weighted by molar-refractivity contribution is 5.87. The number of nitrogens with one attached hydrogen (secondary N) is 2. The Balaban J connectivity index is 0.00000220. The molecule has 1 heterocycles. The second kappa shape index (κ2) is 7.23. The van der Waals surface area contributed by atoms with Gasteiger partial charge < -0.3 is 10.6 Å². The standard InChI is InChI=1S/C16H23FN2O.ClH/c1-11-8-9-18-10-14(11)19-15(20)16(2,3)12-4-6-13(17)7-5-12;/h4-7,11,14,18H,8-10H2,1-3H3,(H,19,20);1H. The molecule has 1 saturated heterocycles. The maximum absolute atomic E-state index is 13.0. The van der Waals surface area contributed by atoms with E-state index in [1.165, 1.54) is 12.1 Å². The van der Waals surface area contributed by atoms with Crippen molar-refractivity contribution in [1.82, 2.24) is 10.6 Å². The van der Waals surface area contributed by atoms with Gasteiger partial charge in [-0.2, -0.15) is 0 Å². The second-order valence-electron chi connectivity index (χ2n) is 6.18. The van der Waals surface area contributed by atoms with Gasteiger partial charge in [0, 0.05) is 12.6 Å². The van der Waals surface area contributed by atoms with E-state index in [2.05, 4.69) is 17.6 Å². The summed E-state index contributed by atoms with van der Waals surface area (Å²) in [7, 11) is 0. The predicted octanol–water partition coefficient (Wildman–Crippen LogP) is 2.64. The van der Waals surface area contributed by atoms with Gasteiger partial charge in [-0.1, -0.05) is 19.1 Å². The van der Waals surface area contributed by atoms with E-state index >= 15 is 0 Å². The third-order valence-corrected chi connectivity index (χ3v) is 4.28. The van der Waals surface area contributed by atoms with Gasteiger partial charge in [-0.05, 0) is 50.4 Å². The molecule has 5 heteroatoms. The van der Waals surface area contributed by atoms with Crippen LogP contribution in [0.1, 0.15) is 32.8 Å².